The van der Waals surface area contributed by atoms with Gasteiger partial charge in [-0.3, -0.25) is 4.99 Å². The van der Waals surface area contributed by atoms with Gasteiger partial charge in [-0.15, -0.1) is 0 Å². The van der Waals surface area contributed by atoms with Crippen LogP contribution in [-0.2, 0) is 12.0 Å². The molecule has 0 bridgehead atoms. The third-order valence-electron chi connectivity index (χ3n) is 4.74. The molecule has 0 radical (unpaired) electrons. The summed E-state index contributed by atoms with van der Waals surface area (Å²) >= 11 is 14.8. The molecule has 2 aromatic carbocycles. The van der Waals surface area contributed by atoms with Crippen molar-refractivity contribution in [3.8, 4) is 0 Å². The lowest BCUT2D eigenvalue weighted by Gasteiger charge is -2.23. The minimum atomic E-state index is -0.442. The Bertz CT molecular complexity index is 1010. The molecular formula is C20H20Cl2F2N4S2. The minimum absolute atomic E-state index is 0.135. The predicted molar refractivity (Wildman–Crippen MR) is 126 cm³/mol. The molecule has 0 atom stereocenters. The lowest BCUT2D eigenvalue weighted by atomic mass is 9.87. The molecule has 3 rings (SSSR count). The zero-order chi connectivity index (χ0) is 22.1. The van der Waals surface area contributed by atoms with Crippen molar-refractivity contribution >= 4 is 64.7 Å². The Morgan fingerprint density at radius 3 is 2.67 bits per heavy atom. The van der Waals surface area contributed by atoms with Gasteiger partial charge in [0.2, 0.25) is 0 Å². The van der Waals surface area contributed by atoms with E-state index in [1.54, 1.807) is 19.2 Å². The Morgan fingerprint density at radius 1 is 1.27 bits per heavy atom. The summed E-state index contributed by atoms with van der Waals surface area (Å²) in [5.74, 6) is -0.849. The predicted octanol–water partition coefficient (Wildman–Crippen LogP) is 6.50. The number of hydrogen-bond donors (Lipinski definition) is 1. The van der Waals surface area contributed by atoms with E-state index in [2.05, 4.69) is 20.8 Å². The third-order valence-corrected chi connectivity index (χ3v) is 7.01. The first kappa shape index (κ1) is 23.2. The first-order valence-electron chi connectivity index (χ1n) is 8.92. The molecule has 160 valence electrons. The molecule has 10 heteroatoms. The lowest BCUT2D eigenvalue weighted by molar-refractivity contribution is 0.543. The van der Waals surface area contributed by atoms with E-state index in [1.165, 1.54) is 12.1 Å². The average Bonchev–Trinajstić information content (AvgIpc) is 2.95. The first-order valence-corrected chi connectivity index (χ1v) is 11.3. The fourth-order valence-corrected chi connectivity index (χ4v) is 5.27. The van der Waals surface area contributed by atoms with Crippen LogP contribution >= 0.6 is 47.1 Å². The average molecular weight is 489 g/mol. The summed E-state index contributed by atoms with van der Waals surface area (Å²) in [6, 6.07) is 6.06. The Balaban J connectivity index is 1.83. The monoisotopic (exact) mass is 488 g/mol. The molecule has 1 aliphatic heterocycles. The van der Waals surface area contributed by atoms with Crippen molar-refractivity contribution in [2.24, 2.45) is 9.39 Å². The number of halogens is 4. The molecule has 0 saturated heterocycles. The van der Waals surface area contributed by atoms with Gasteiger partial charge in [0.15, 0.2) is 5.17 Å². The smallest absolute Gasteiger partial charge is 0.189 e. The Kier molecular flexibility index (Phi) is 7.22. The van der Waals surface area contributed by atoms with Crippen molar-refractivity contribution in [3.05, 3.63) is 57.1 Å². The summed E-state index contributed by atoms with van der Waals surface area (Å²) in [5, 5.41) is 1.06. The molecule has 0 saturated carbocycles. The molecule has 0 spiro atoms. The van der Waals surface area contributed by atoms with E-state index in [-0.39, 0.29) is 10.4 Å². The summed E-state index contributed by atoms with van der Waals surface area (Å²) in [4.78, 5) is 6.37. The highest BCUT2D eigenvalue weighted by Crippen LogP contribution is 2.46. The second kappa shape index (κ2) is 9.34. The van der Waals surface area contributed by atoms with Crippen molar-refractivity contribution in [2.75, 3.05) is 18.5 Å². The quantitative estimate of drug-likeness (QED) is 0.296. The number of aliphatic imine (C=N–C) groups is 1. The summed E-state index contributed by atoms with van der Waals surface area (Å²) in [6.07, 6.45) is 0. The number of nitrogens with one attached hydrogen (secondary N) is 1. The van der Waals surface area contributed by atoms with Gasteiger partial charge in [0.05, 0.1) is 9.92 Å². The number of rotatable bonds is 5. The molecule has 2 aromatic rings. The van der Waals surface area contributed by atoms with Gasteiger partial charge < -0.3 is 9.62 Å². The van der Waals surface area contributed by atoms with Crippen LogP contribution in [0.15, 0.2) is 38.6 Å². The lowest BCUT2D eigenvalue weighted by Crippen LogP contribution is -2.28. The molecule has 0 amide bonds. The summed E-state index contributed by atoms with van der Waals surface area (Å²) in [7, 11) is 1.60. The normalized spacial score (nSPS) is 15.3. The summed E-state index contributed by atoms with van der Waals surface area (Å²) in [5.41, 5.74) is 1.89. The second-order valence-corrected chi connectivity index (χ2v) is 9.78. The number of nitrogens with zero attached hydrogens (tertiary/aromatic N) is 3. The largest absolute Gasteiger partial charge is 0.366 e. The van der Waals surface area contributed by atoms with Crippen LogP contribution in [0.4, 0.5) is 14.5 Å². The van der Waals surface area contributed by atoms with Crippen LogP contribution in [-0.4, -0.2) is 25.5 Å². The van der Waals surface area contributed by atoms with Crippen molar-refractivity contribution in [1.29, 1.82) is 0 Å². The molecule has 1 aliphatic rings. The van der Waals surface area contributed by atoms with Crippen LogP contribution in [0.1, 0.15) is 25.0 Å². The molecule has 1 heterocycles. The number of fused-ring (bicyclic) bond motifs is 1. The Labute approximate surface area is 193 Å². The Morgan fingerprint density at radius 2 is 2.00 bits per heavy atom. The zero-order valence-electron chi connectivity index (χ0n) is 16.6. The van der Waals surface area contributed by atoms with E-state index < -0.39 is 11.6 Å². The molecule has 30 heavy (non-hydrogen) atoms. The molecular weight excluding hydrogens is 469 g/mol. The second-order valence-electron chi connectivity index (χ2n) is 7.32. The van der Waals surface area contributed by atoms with E-state index in [0.717, 1.165) is 35.1 Å². The van der Waals surface area contributed by atoms with Crippen LogP contribution in [0.3, 0.4) is 0 Å². The van der Waals surface area contributed by atoms with Gasteiger partial charge in [-0.1, -0.05) is 37.0 Å². The third kappa shape index (κ3) is 4.72. The number of benzene rings is 2. The van der Waals surface area contributed by atoms with Crippen molar-refractivity contribution in [1.82, 2.24) is 4.72 Å². The van der Waals surface area contributed by atoms with Crippen molar-refractivity contribution < 1.29 is 8.78 Å². The summed E-state index contributed by atoms with van der Waals surface area (Å²) in [6.45, 7) is 8.40. The van der Waals surface area contributed by atoms with Gasteiger partial charge in [-0.2, -0.15) is 0 Å². The maximum absolute atomic E-state index is 14.7. The molecule has 1 N–H and O–H groups in total. The fourth-order valence-electron chi connectivity index (χ4n) is 3.47. The van der Waals surface area contributed by atoms with Crippen LogP contribution in [0.5, 0.6) is 0 Å². The van der Waals surface area contributed by atoms with Gasteiger partial charge in [0.1, 0.15) is 11.6 Å². The fraction of sp³-hybridized carbons (Fsp3) is 0.300. The van der Waals surface area contributed by atoms with E-state index in [0.29, 0.717) is 33.7 Å². The van der Waals surface area contributed by atoms with Gasteiger partial charge in [0.25, 0.3) is 0 Å². The number of hydrogen-bond acceptors (Lipinski definition) is 5. The molecule has 0 unspecified atom stereocenters. The molecule has 0 aromatic heterocycles. The van der Waals surface area contributed by atoms with Gasteiger partial charge >= 0.3 is 0 Å². The maximum Gasteiger partial charge on any atom is 0.189 e. The van der Waals surface area contributed by atoms with Crippen LogP contribution in [0.2, 0.25) is 10.0 Å². The van der Waals surface area contributed by atoms with Crippen LogP contribution in [0, 0.1) is 11.6 Å². The SMILES string of the molecule is C=NSC(=NC)NSc1cc(Cl)c(CN2CC(C)(C)c3c2ccc(F)c3Cl)cc1F. The standard InChI is InChI=1S/C20H20Cl2F2N4S2/c1-20(2)10-28(15-6-5-13(23)18(22)17(15)20)9-11-7-14(24)16(8-12(11)21)29-27-19(25-3)30-26-4/h5-8H,4,9-10H2,1-3H3,(H,25,27). The zero-order valence-corrected chi connectivity index (χ0v) is 19.7. The highest BCUT2D eigenvalue weighted by atomic mass is 35.5. The van der Waals surface area contributed by atoms with E-state index in [9.17, 15) is 8.78 Å². The van der Waals surface area contributed by atoms with Gasteiger partial charge in [0, 0.05) is 53.8 Å². The van der Waals surface area contributed by atoms with Gasteiger partial charge in [-0.05, 0) is 48.5 Å². The van der Waals surface area contributed by atoms with E-state index in [4.69, 9.17) is 23.2 Å². The molecule has 4 nitrogen and oxygen atoms in total. The number of amidine groups is 1. The highest BCUT2D eigenvalue weighted by molar-refractivity contribution is 8.14. The minimum Gasteiger partial charge on any atom is -0.366 e. The molecule has 0 fully saturated rings. The van der Waals surface area contributed by atoms with Crippen LogP contribution < -0.4 is 9.62 Å². The maximum atomic E-state index is 14.7. The van der Waals surface area contributed by atoms with Gasteiger partial charge in [-0.25, -0.2) is 13.2 Å². The first-order chi connectivity index (χ1) is 14.2. The Hall–Kier alpha value is -1.48. The van der Waals surface area contributed by atoms with E-state index >= 15 is 0 Å². The van der Waals surface area contributed by atoms with E-state index in [1.807, 2.05) is 18.7 Å². The summed E-state index contributed by atoms with van der Waals surface area (Å²) < 4.78 is 35.3. The molecule has 0 aliphatic carbocycles. The van der Waals surface area contributed by atoms with Crippen LogP contribution in [0.25, 0.3) is 0 Å². The van der Waals surface area contributed by atoms with Crippen molar-refractivity contribution in [2.45, 2.75) is 30.7 Å². The number of anilines is 1. The van der Waals surface area contributed by atoms with Crippen molar-refractivity contribution in [3.63, 3.8) is 0 Å². The highest BCUT2D eigenvalue weighted by Gasteiger charge is 2.38. The topological polar surface area (TPSA) is 40.0 Å².